The van der Waals surface area contributed by atoms with Crippen LogP contribution in [0, 0.1) is 0 Å². The van der Waals surface area contributed by atoms with Crippen molar-refractivity contribution in [1.29, 1.82) is 0 Å². The lowest BCUT2D eigenvalue weighted by molar-refractivity contribution is -0.122. The Bertz CT molecular complexity index is 265. The number of amides is 1. The Morgan fingerprint density at radius 1 is 1.50 bits per heavy atom. The summed E-state index contributed by atoms with van der Waals surface area (Å²) in [5.74, 6) is 1.72. The van der Waals surface area contributed by atoms with Gasteiger partial charge in [-0.3, -0.25) is 4.79 Å². The maximum Gasteiger partial charge on any atom is 0.238 e. The van der Waals surface area contributed by atoms with E-state index in [4.69, 9.17) is 5.73 Å². The number of carbonyl (C=O) groups excluding carboxylic acids is 2. The maximum atomic E-state index is 11.8. The molecule has 0 heterocycles. The van der Waals surface area contributed by atoms with E-state index in [1.807, 2.05) is 6.26 Å². The minimum Gasteiger partial charge on any atom is -0.349 e. The van der Waals surface area contributed by atoms with E-state index in [-0.39, 0.29) is 11.9 Å². The molecular weight excluding hydrogens is 288 g/mol. The van der Waals surface area contributed by atoms with Crippen molar-refractivity contribution < 1.29 is 9.59 Å². The fourth-order valence-corrected chi connectivity index (χ4v) is 3.28. The molecule has 0 aromatic carbocycles. The minimum absolute atomic E-state index is 0.0244. The molecule has 0 saturated heterocycles. The van der Waals surface area contributed by atoms with E-state index in [9.17, 15) is 9.59 Å². The van der Waals surface area contributed by atoms with Gasteiger partial charge in [-0.2, -0.15) is 11.8 Å². The summed E-state index contributed by atoms with van der Waals surface area (Å²) < 4.78 is 0. The molecule has 0 aromatic heterocycles. The first kappa shape index (κ1) is 17.9. The predicted molar refractivity (Wildman–Crippen MR) is 84.1 cm³/mol. The first-order valence-electron chi connectivity index (χ1n) is 5.51. The summed E-state index contributed by atoms with van der Waals surface area (Å²) in [7, 11) is 2.84. The number of thioether (sulfide) groups is 1. The van der Waals surface area contributed by atoms with Crippen LogP contribution >= 0.6 is 33.3 Å². The van der Waals surface area contributed by atoms with Gasteiger partial charge in [-0.15, -0.1) is 6.58 Å². The highest BCUT2D eigenvalue weighted by atomic mass is 33.1. The highest BCUT2D eigenvalue weighted by Gasteiger charge is 2.16. The summed E-state index contributed by atoms with van der Waals surface area (Å²) in [6.45, 7) is 3.70. The molecule has 0 fully saturated rings. The maximum absolute atomic E-state index is 11.8. The van der Waals surface area contributed by atoms with Crippen LogP contribution < -0.4 is 11.1 Å². The van der Waals surface area contributed by atoms with Gasteiger partial charge in [0.15, 0.2) is 0 Å². The van der Waals surface area contributed by atoms with Gasteiger partial charge in [0.05, 0.1) is 11.8 Å². The summed E-state index contributed by atoms with van der Waals surface area (Å²) in [5.41, 5.74) is 5.76. The Hall–Kier alpha value is -0.110. The average molecular weight is 308 g/mol. The molecular formula is C11H20N2O2S3. The molecule has 4 nitrogen and oxygen atoms in total. The van der Waals surface area contributed by atoms with Crippen molar-refractivity contribution >= 4 is 45.5 Å². The average Bonchev–Trinajstić information content (AvgIpc) is 2.38. The van der Waals surface area contributed by atoms with Crippen LogP contribution in [-0.4, -0.2) is 47.8 Å². The number of aldehydes is 1. The molecule has 0 radical (unpaired) electrons. The Morgan fingerprint density at radius 3 is 2.78 bits per heavy atom. The zero-order valence-corrected chi connectivity index (χ0v) is 12.9. The van der Waals surface area contributed by atoms with Gasteiger partial charge in [0.1, 0.15) is 6.29 Å². The van der Waals surface area contributed by atoms with Gasteiger partial charge in [-0.05, 0) is 18.4 Å². The topological polar surface area (TPSA) is 72.2 Å². The molecule has 2 unspecified atom stereocenters. The second-order valence-corrected chi connectivity index (χ2v) is 7.01. The summed E-state index contributed by atoms with van der Waals surface area (Å²) in [5, 5.41) is 2.85. The van der Waals surface area contributed by atoms with E-state index in [1.165, 1.54) is 21.6 Å². The Labute approximate surface area is 121 Å². The molecule has 2 atom stereocenters. The molecule has 7 heteroatoms. The zero-order chi connectivity index (χ0) is 13.8. The van der Waals surface area contributed by atoms with Gasteiger partial charge in [0.2, 0.25) is 5.91 Å². The monoisotopic (exact) mass is 308 g/mol. The van der Waals surface area contributed by atoms with Gasteiger partial charge >= 0.3 is 0 Å². The van der Waals surface area contributed by atoms with Crippen molar-refractivity contribution in [1.82, 2.24) is 5.32 Å². The first-order chi connectivity index (χ1) is 8.65. The van der Waals surface area contributed by atoms with Crippen molar-refractivity contribution in [3.8, 4) is 0 Å². The Kier molecular flexibility index (Phi) is 11.9. The van der Waals surface area contributed by atoms with Gasteiger partial charge in [0, 0.05) is 11.8 Å². The quantitative estimate of drug-likeness (QED) is 0.260. The van der Waals surface area contributed by atoms with Crippen LogP contribution in [0.15, 0.2) is 12.7 Å². The van der Waals surface area contributed by atoms with E-state index in [0.717, 1.165) is 18.5 Å². The van der Waals surface area contributed by atoms with Crippen LogP contribution in [0.25, 0.3) is 0 Å². The van der Waals surface area contributed by atoms with Crippen LogP contribution in [-0.2, 0) is 9.59 Å². The molecule has 0 rings (SSSR count). The third-order valence-electron chi connectivity index (χ3n) is 2.05. The standard InChI is InChI=1S/C11H20N2O2S3/c1-3-9(4-6-16-2)13-11(15)10(12)8-18-17-7-5-14/h3,5,9-10H,1,4,6-8,12H2,2H3,(H,13,15). The van der Waals surface area contributed by atoms with Crippen molar-refractivity contribution in [2.45, 2.75) is 18.5 Å². The van der Waals surface area contributed by atoms with Gasteiger partial charge < -0.3 is 15.8 Å². The third kappa shape index (κ3) is 8.91. The van der Waals surface area contributed by atoms with Crippen LogP contribution in [0.2, 0.25) is 0 Å². The van der Waals surface area contributed by atoms with Crippen LogP contribution in [0.3, 0.4) is 0 Å². The number of nitrogens with one attached hydrogen (secondary N) is 1. The Balaban J connectivity index is 3.89. The van der Waals surface area contributed by atoms with Crippen LogP contribution in [0.1, 0.15) is 6.42 Å². The van der Waals surface area contributed by atoms with Crippen molar-refractivity contribution in [3.63, 3.8) is 0 Å². The fraction of sp³-hybridized carbons (Fsp3) is 0.636. The minimum atomic E-state index is -0.550. The summed E-state index contributed by atoms with van der Waals surface area (Å²) >= 11 is 1.73. The molecule has 0 aromatic rings. The second-order valence-electron chi connectivity index (χ2n) is 3.47. The number of nitrogens with two attached hydrogens (primary N) is 1. The molecule has 0 aliphatic rings. The van der Waals surface area contributed by atoms with Gasteiger partial charge in [0.25, 0.3) is 0 Å². The van der Waals surface area contributed by atoms with Crippen LogP contribution in [0.5, 0.6) is 0 Å². The lowest BCUT2D eigenvalue weighted by Crippen LogP contribution is -2.46. The van der Waals surface area contributed by atoms with Crippen molar-refractivity contribution in [3.05, 3.63) is 12.7 Å². The highest BCUT2D eigenvalue weighted by molar-refractivity contribution is 8.76. The van der Waals surface area contributed by atoms with Crippen molar-refractivity contribution in [2.75, 3.05) is 23.5 Å². The Morgan fingerprint density at radius 2 is 2.22 bits per heavy atom. The van der Waals surface area contributed by atoms with Crippen molar-refractivity contribution in [2.24, 2.45) is 5.73 Å². The van der Waals surface area contributed by atoms with E-state index < -0.39 is 6.04 Å². The highest BCUT2D eigenvalue weighted by Crippen LogP contribution is 2.20. The molecule has 0 aliphatic heterocycles. The normalized spacial score (nSPS) is 13.7. The van der Waals surface area contributed by atoms with E-state index in [2.05, 4.69) is 11.9 Å². The summed E-state index contributed by atoms with van der Waals surface area (Å²) in [4.78, 5) is 21.9. The molecule has 104 valence electrons. The SMILES string of the molecule is C=CC(CCSC)NC(=O)C(N)CSSCC=O. The molecule has 3 N–H and O–H groups in total. The first-order valence-corrected chi connectivity index (χ1v) is 9.39. The van der Waals surface area contributed by atoms with Crippen LogP contribution in [0.4, 0.5) is 0 Å². The fourth-order valence-electron chi connectivity index (χ4n) is 1.06. The largest absolute Gasteiger partial charge is 0.349 e. The zero-order valence-electron chi connectivity index (χ0n) is 10.5. The van der Waals surface area contributed by atoms with E-state index in [0.29, 0.717) is 11.5 Å². The number of rotatable bonds is 11. The van der Waals surface area contributed by atoms with Gasteiger partial charge in [-0.1, -0.05) is 27.7 Å². The number of carbonyl (C=O) groups is 2. The van der Waals surface area contributed by atoms with E-state index in [1.54, 1.807) is 17.8 Å². The lowest BCUT2D eigenvalue weighted by Gasteiger charge is -2.17. The molecule has 1 amide bonds. The molecule has 0 bridgehead atoms. The smallest absolute Gasteiger partial charge is 0.238 e. The number of hydrogen-bond donors (Lipinski definition) is 2. The number of hydrogen-bond acceptors (Lipinski definition) is 6. The van der Waals surface area contributed by atoms with E-state index >= 15 is 0 Å². The third-order valence-corrected chi connectivity index (χ3v) is 4.94. The molecule has 0 spiro atoms. The molecule has 0 saturated carbocycles. The summed E-state index contributed by atoms with van der Waals surface area (Å²) in [6.07, 6.45) is 5.44. The molecule has 0 aliphatic carbocycles. The lowest BCUT2D eigenvalue weighted by atomic mass is 10.2. The second kappa shape index (κ2) is 12.0. The molecule has 18 heavy (non-hydrogen) atoms. The van der Waals surface area contributed by atoms with Gasteiger partial charge in [-0.25, -0.2) is 0 Å². The predicted octanol–water partition coefficient (Wildman–Crippen LogP) is 1.32. The summed E-state index contributed by atoms with van der Waals surface area (Å²) in [6, 6.07) is -0.575.